The van der Waals surface area contributed by atoms with Gasteiger partial charge in [-0.15, -0.1) is 0 Å². The second-order valence-electron chi connectivity index (χ2n) is 4.62. The van der Waals surface area contributed by atoms with Crippen molar-refractivity contribution in [3.63, 3.8) is 0 Å². The number of hydrogen-bond donors (Lipinski definition) is 1. The zero-order chi connectivity index (χ0) is 14.3. The zero-order valence-electron chi connectivity index (χ0n) is 11.1. The van der Waals surface area contributed by atoms with E-state index in [9.17, 15) is 4.79 Å². The molecule has 0 atom stereocenters. The molecule has 0 spiro atoms. The van der Waals surface area contributed by atoms with Gasteiger partial charge in [0.2, 0.25) is 0 Å². The average Bonchev–Trinajstić information content (AvgIpc) is 2.94. The van der Waals surface area contributed by atoms with Gasteiger partial charge in [-0.3, -0.25) is 9.48 Å². The first-order valence-corrected chi connectivity index (χ1v) is 6.48. The molecule has 5 nitrogen and oxygen atoms in total. The SMILES string of the molecule is Cn1ccc(NC(=O)c2cc3ccc(Cl)cc3n2C)n1. The first-order chi connectivity index (χ1) is 9.54. The standard InChI is InChI=1S/C14H13ClN4O/c1-18-6-5-13(17-18)16-14(20)12-7-9-3-4-10(15)8-11(9)19(12)2/h3-8H,1-2H3,(H,16,17,20). The minimum atomic E-state index is -0.196. The van der Waals surface area contributed by atoms with Crippen LogP contribution in [0.25, 0.3) is 10.9 Å². The van der Waals surface area contributed by atoms with Gasteiger partial charge < -0.3 is 9.88 Å². The van der Waals surface area contributed by atoms with E-state index >= 15 is 0 Å². The first kappa shape index (κ1) is 12.7. The second-order valence-corrected chi connectivity index (χ2v) is 5.06. The molecule has 3 rings (SSSR count). The Hall–Kier alpha value is -2.27. The molecule has 0 fully saturated rings. The molecule has 0 saturated carbocycles. The lowest BCUT2D eigenvalue weighted by Crippen LogP contribution is -2.16. The molecule has 0 aliphatic rings. The van der Waals surface area contributed by atoms with Gasteiger partial charge in [0.05, 0.1) is 0 Å². The second kappa shape index (κ2) is 4.68. The van der Waals surface area contributed by atoms with Gasteiger partial charge in [0.15, 0.2) is 5.82 Å². The van der Waals surface area contributed by atoms with Crippen molar-refractivity contribution in [2.75, 3.05) is 5.32 Å². The topological polar surface area (TPSA) is 51.9 Å². The largest absolute Gasteiger partial charge is 0.340 e. The molecular weight excluding hydrogens is 276 g/mol. The van der Waals surface area contributed by atoms with Gasteiger partial charge in [0, 0.05) is 42.3 Å². The number of anilines is 1. The molecule has 20 heavy (non-hydrogen) atoms. The van der Waals surface area contributed by atoms with E-state index < -0.39 is 0 Å². The van der Waals surface area contributed by atoms with E-state index in [0.29, 0.717) is 16.5 Å². The van der Waals surface area contributed by atoms with Crippen LogP contribution in [0.4, 0.5) is 5.82 Å². The molecule has 3 aromatic rings. The summed E-state index contributed by atoms with van der Waals surface area (Å²) in [5.41, 5.74) is 1.48. The molecule has 2 aromatic heterocycles. The molecule has 0 unspecified atom stereocenters. The van der Waals surface area contributed by atoms with Crippen LogP contribution in [0.5, 0.6) is 0 Å². The summed E-state index contributed by atoms with van der Waals surface area (Å²) in [5.74, 6) is 0.333. The van der Waals surface area contributed by atoms with Gasteiger partial charge >= 0.3 is 0 Å². The summed E-state index contributed by atoms with van der Waals surface area (Å²) in [6, 6.07) is 9.13. The van der Waals surface area contributed by atoms with Crippen LogP contribution >= 0.6 is 11.6 Å². The maximum atomic E-state index is 12.3. The van der Waals surface area contributed by atoms with E-state index in [-0.39, 0.29) is 5.91 Å². The maximum Gasteiger partial charge on any atom is 0.273 e. The van der Waals surface area contributed by atoms with Gasteiger partial charge in [-0.2, -0.15) is 5.10 Å². The van der Waals surface area contributed by atoms with Crippen LogP contribution in [0.2, 0.25) is 5.02 Å². The van der Waals surface area contributed by atoms with Gasteiger partial charge in [0.1, 0.15) is 5.69 Å². The fourth-order valence-corrected chi connectivity index (χ4v) is 2.35. The number of hydrogen-bond acceptors (Lipinski definition) is 2. The van der Waals surface area contributed by atoms with E-state index in [0.717, 1.165) is 10.9 Å². The first-order valence-electron chi connectivity index (χ1n) is 6.10. The number of aryl methyl sites for hydroxylation is 2. The van der Waals surface area contributed by atoms with E-state index in [2.05, 4.69) is 10.4 Å². The number of aromatic nitrogens is 3. The molecule has 1 N–H and O–H groups in total. The summed E-state index contributed by atoms with van der Waals surface area (Å²) in [5, 5.41) is 8.52. The molecule has 102 valence electrons. The highest BCUT2D eigenvalue weighted by atomic mass is 35.5. The third-order valence-corrected chi connectivity index (χ3v) is 3.43. The number of fused-ring (bicyclic) bond motifs is 1. The normalized spacial score (nSPS) is 10.9. The smallest absolute Gasteiger partial charge is 0.273 e. The Morgan fingerprint density at radius 3 is 2.75 bits per heavy atom. The summed E-state index contributed by atoms with van der Waals surface area (Å²) in [4.78, 5) is 12.3. The highest BCUT2D eigenvalue weighted by Crippen LogP contribution is 2.23. The van der Waals surface area contributed by atoms with Crippen molar-refractivity contribution in [2.45, 2.75) is 0 Å². The number of nitrogens with one attached hydrogen (secondary N) is 1. The summed E-state index contributed by atoms with van der Waals surface area (Å²) in [6.07, 6.45) is 1.77. The summed E-state index contributed by atoms with van der Waals surface area (Å²) >= 11 is 5.99. The van der Waals surface area contributed by atoms with E-state index in [1.807, 2.05) is 35.9 Å². The number of benzene rings is 1. The Bertz CT molecular complexity index is 803. The molecule has 0 aliphatic heterocycles. The van der Waals surface area contributed by atoms with Crippen LogP contribution in [0, 0.1) is 0 Å². The number of carbonyl (C=O) groups is 1. The van der Waals surface area contributed by atoms with Crippen molar-refractivity contribution >= 4 is 34.2 Å². The van der Waals surface area contributed by atoms with Crippen molar-refractivity contribution in [3.8, 4) is 0 Å². The maximum absolute atomic E-state index is 12.3. The Morgan fingerprint density at radius 2 is 2.05 bits per heavy atom. The summed E-state index contributed by atoms with van der Waals surface area (Å²) in [6.45, 7) is 0. The molecule has 1 amide bonds. The molecule has 6 heteroatoms. The molecule has 2 heterocycles. The zero-order valence-corrected chi connectivity index (χ0v) is 11.8. The monoisotopic (exact) mass is 288 g/mol. The average molecular weight is 289 g/mol. The van der Waals surface area contributed by atoms with Crippen LogP contribution in [0.15, 0.2) is 36.5 Å². The Morgan fingerprint density at radius 1 is 1.25 bits per heavy atom. The van der Waals surface area contributed by atoms with Crippen molar-refractivity contribution in [2.24, 2.45) is 14.1 Å². The van der Waals surface area contributed by atoms with Gasteiger partial charge in [-0.25, -0.2) is 0 Å². The number of rotatable bonds is 2. The summed E-state index contributed by atoms with van der Waals surface area (Å²) < 4.78 is 3.45. The Kier molecular flexibility index (Phi) is 2.99. The van der Waals surface area contributed by atoms with Crippen LogP contribution < -0.4 is 5.32 Å². The van der Waals surface area contributed by atoms with Crippen LogP contribution in [-0.2, 0) is 14.1 Å². The van der Waals surface area contributed by atoms with Gasteiger partial charge in [-0.1, -0.05) is 17.7 Å². The van der Waals surface area contributed by atoms with Crippen molar-refractivity contribution in [3.05, 3.63) is 47.2 Å². The summed E-state index contributed by atoms with van der Waals surface area (Å²) in [7, 11) is 3.64. The lowest BCUT2D eigenvalue weighted by molar-refractivity contribution is 0.101. The van der Waals surface area contributed by atoms with Crippen molar-refractivity contribution in [1.82, 2.24) is 14.3 Å². The predicted octanol–water partition coefficient (Wildman–Crippen LogP) is 2.82. The van der Waals surface area contributed by atoms with E-state index in [4.69, 9.17) is 11.6 Å². The fraction of sp³-hybridized carbons (Fsp3) is 0.143. The van der Waals surface area contributed by atoms with Gasteiger partial charge in [0.25, 0.3) is 5.91 Å². The Labute approximate surface area is 120 Å². The molecule has 0 saturated heterocycles. The quantitative estimate of drug-likeness (QED) is 0.788. The number of halogens is 1. The fourth-order valence-electron chi connectivity index (χ4n) is 2.18. The Balaban J connectivity index is 1.97. The van der Waals surface area contributed by atoms with Crippen LogP contribution in [-0.4, -0.2) is 20.3 Å². The minimum Gasteiger partial charge on any atom is -0.340 e. The van der Waals surface area contributed by atoms with Gasteiger partial charge in [-0.05, 0) is 18.2 Å². The van der Waals surface area contributed by atoms with Crippen LogP contribution in [0.3, 0.4) is 0 Å². The highest BCUT2D eigenvalue weighted by Gasteiger charge is 2.14. The van der Waals surface area contributed by atoms with E-state index in [1.165, 1.54) is 0 Å². The lowest BCUT2D eigenvalue weighted by Gasteiger charge is -2.04. The number of nitrogens with zero attached hydrogens (tertiary/aromatic N) is 3. The molecule has 0 aliphatic carbocycles. The molecule has 0 radical (unpaired) electrons. The van der Waals surface area contributed by atoms with Crippen molar-refractivity contribution in [1.29, 1.82) is 0 Å². The number of amides is 1. The number of carbonyl (C=O) groups excluding carboxylic acids is 1. The molecular formula is C14H13ClN4O. The van der Waals surface area contributed by atoms with E-state index in [1.54, 1.807) is 24.0 Å². The molecule has 0 bridgehead atoms. The highest BCUT2D eigenvalue weighted by molar-refractivity contribution is 6.31. The van der Waals surface area contributed by atoms with Crippen LogP contribution in [0.1, 0.15) is 10.5 Å². The van der Waals surface area contributed by atoms with Crippen molar-refractivity contribution < 1.29 is 4.79 Å². The third kappa shape index (κ3) is 2.16. The minimum absolute atomic E-state index is 0.196. The predicted molar refractivity (Wildman–Crippen MR) is 79.1 cm³/mol. The lowest BCUT2D eigenvalue weighted by atomic mass is 10.2. The third-order valence-electron chi connectivity index (χ3n) is 3.20. The molecule has 1 aromatic carbocycles.